The smallest absolute Gasteiger partial charge is 0.118 e. The molecule has 39 heavy (non-hydrogen) atoms. The van der Waals surface area contributed by atoms with E-state index >= 15 is 0 Å². The zero-order chi connectivity index (χ0) is 26.8. The second kappa shape index (κ2) is 11.1. The number of benzene rings is 3. The van der Waals surface area contributed by atoms with Crippen LogP contribution in [0.25, 0.3) is 52.9 Å². The number of ether oxygens (including phenoxy) is 3. The van der Waals surface area contributed by atoms with Gasteiger partial charge in [0.2, 0.25) is 0 Å². The fraction of sp³-hybridized carbons (Fsp3) is 0.0909. The molecule has 3 heterocycles. The predicted octanol–water partition coefficient (Wildman–Crippen LogP) is 10.2. The molecule has 3 aromatic heterocycles. The molecule has 0 fully saturated rings. The van der Waals surface area contributed by atoms with Crippen molar-refractivity contribution in [3.05, 3.63) is 102 Å². The third-order valence-corrected chi connectivity index (χ3v) is 10.0. The summed E-state index contributed by atoms with van der Waals surface area (Å²) in [4.78, 5) is 5.06. The van der Waals surface area contributed by atoms with Gasteiger partial charge in [0, 0.05) is 20.9 Å². The Bertz CT molecular complexity index is 1690. The van der Waals surface area contributed by atoms with E-state index in [1.807, 2.05) is 47.7 Å². The molecule has 0 aliphatic rings. The second-order valence-corrected chi connectivity index (χ2v) is 11.8. The van der Waals surface area contributed by atoms with Crippen molar-refractivity contribution in [1.29, 1.82) is 0 Å². The maximum absolute atomic E-state index is 5.43. The highest BCUT2D eigenvalue weighted by molar-refractivity contribution is 7.26. The molecule has 194 valence electrons. The molecule has 6 heteroatoms. The number of rotatable bonds is 8. The molecule has 6 aromatic rings. The lowest BCUT2D eigenvalue weighted by molar-refractivity contribution is 0.415. The van der Waals surface area contributed by atoms with Gasteiger partial charge in [0.15, 0.2) is 0 Å². The van der Waals surface area contributed by atoms with Gasteiger partial charge in [-0.15, -0.1) is 34.0 Å². The summed E-state index contributed by atoms with van der Waals surface area (Å²) in [7, 11) is 5.09. The van der Waals surface area contributed by atoms with E-state index in [4.69, 9.17) is 14.2 Å². The van der Waals surface area contributed by atoms with Gasteiger partial charge in [0.05, 0.1) is 31.1 Å². The van der Waals surface area contributed by atoms with Crippen molar-refractivity contribution in [2.45, 2.75) is 0 Å². The predicted molar refractivity (Wildman–Crippen MR) is 167 cm³/mol. The maximum Gasteiger partial charge on any atom is 0.118 e. The Morgan fingerprint density at radius 1 is 0.462 bits per heavy atom. The molecule has 0 saturated heterocycles. The summed E-state index contributed by atoms with van der Waals surface area (Å²) < 4.78 is 16.1. The Morgan fingerprint density at radius 2 is 1.00 bits per heavy atom. The number of hydrogen-bond acceptors (Lipinski definition) is 6. The minimum Gasteiger partial charge on any atom is -0.497 e. The van der Waals surface area contributed by atoms with Crippen LogP contribution < -0.4 is 14.2 Å². The van der Waals surface area contributed by atoms with E-state index in [9.17, 15) is 0 Å². The number of thiophene rings is 3. The van der Waals surface area contributed by atoms with Crippen molar-refractivity contribution < 1.29 is 14.2 Å². The first-order chi connectivity index (χ1) is 19.2. The van der Waals surface area contributed by atoms with Crippen LogP contribution in [0.15, 0.2) is 102 Å². The van der Waals surface area contributed by atoms with Crippen molar-refractivity contribution in [3.8, 4) is 70.1 Å². The lowest BCUT2D eigenvalue weighted by atomic mass is 10.0. The van der Waals surface area contributed by atoms with Gasteiger partial charge in [-0.2, -0.15) is 0 Å². The van der Waals surface area contributed by atoms with Gasteiger partial charge in [-0.05, 0) is 87.6 Å². The highest BCUT2D eigenvalue weighted by atomic mass is 32.1. The summed E-state index contributed by atoms with van der Waals surface area (Å²) in [6.07, 6.45) is 0. The third-order valence-electron chi connectivity index (χ3n) is 6.67. The lowest BCUT2D eigenvalue weighted by Crippen LogP contribution is -1.84. The van der Waals surface area contributed by atoms with E-state index in [1.54, 1.807) is 44.0 Å². The van der Waals surface area contributed by atoms with E-state index in [-0.39, 0.29) is 0 Å². The van der Waals surface area contributed by atoms with Crippen molar-refractivity contribution in [2.75, 3.05) is 21.3 Å². The van der Waals surface area contributed by atoms with Gasteiger partial charge >= 0.3 is 0 Å². The molecule has 6 rings (SSSR count). The van der Waals surface area contributed by atoms with Gasteiger partial charge in [-0.1, -0.05) is 36.4 Å². The molecule has 0 amide bonds. The molecule has 0 unspecified atom stereocenters. The van der Waals surface area contributed by atoms with Gasteiger partial charge < -0.3 is 14.2 Å². The van der Waals surface area contributed by atoms with E-state index in [0.717, 1.165) is 17.2 Å². The van der Waals surface area contributed by atoms with Gasteiger partial charge in [0.25, 0.3) is 0 Å². The summed E-state index contributed by atoms with van der Waals surface area (Å²) in [5.74, 6) is 2.58. The van der Waals surface area contributed by atoms with Crippen LogP contribution in [0.2, 0.25) is 0 Å². The zero-order valence-electron chi connectivity index (χ0n) is 21.8. The van der Waals surface area contributed by atoms with Crippen molar-refractivity contribution >= 4 is 34.0 Å². The lowest BCUT2D eigenvalue weighted by Gasteiger charge is -2.08. The molecule has 3 aromatic carbocycles. The average Bonchev–Trinajstić information content (AvgIpc) is 3.77. The SMILES string of the molecule is COc1ccc(-c2csc(-c3cc(-c4ccc(OC)cc4)c(-c4sccc4-c4ccc(OC)cc4)s3)c2)cc1. The molecule has 0 aliphatic heterocycles. The van der Waals surface area contributed by atoms with E-state index in [1.165, 1.54) is 52.9 Å². The molecule has 0 bridgehead atoms. The molecule has 0 spiro atoms. The summed E-state index contributed by atoms with van der Waals surface area (Å²) in [6.45, 7) is 0. The molecule has 0 N–H and O–H groups in total. The van der Waals surface area contributed by atoms with Crippen molar-refractivity contribution in [3.63, 3.8) is 0 Å². The van der Waals surface area contributed by atoms with Gasteiger partial charge in [-0.3, -0.25) is 0 Å². The van der Waals surface area contributed by atoms with Gasteiger partial charge in [0.1, 0.15) is 17.2 Å². The Balaban J connectivity index is 1.44. The molecule has 0 saturated carbocycles. The number of hydrogen-bond donors (Lipinski definition) is 0. The fourth-order valence-corrected chi connectivity index (χ4v) is 7.83. The van der Waals surface area contributed by atoms with Crippen LogP contribution in [0.5, 0.6) is 17.2 Å². The Morgan fingerprint density at radius 3 is 1.56 bits per heavy atom. The fourth-order valence-electron chi connectivity index (χ4n) is 4.55. The first kappa shape index (κ1) is 25.4. The van der Waals surface area contributed by atoms with Crippen LogP contribution in [0.4, 0.5) is 0 Å². The van der Waals surface area contributed by atoms with Crippen LogP contribution in [0.3, 0.4) is 0 Å². The van der Waals surface area contributed by atoms with Crippen LogP contribution in [0, 0.1) is 0 Å². The summed E-state index contributed by atoms with van der Waals surface area (Å²) >= 11 is 5.42. The molecule has 3 nitrogen and oxygen atoms in total. The Labute approximate surface area is 240 Å². The zero-order valence-corrected chi connectivity index (χ0v) is 24.2. The molecule has 0 atom stereocenters. The van der Waals surface area contributed by atoms with Crippen molar-refractivity contribution in [2.24, 2.45) is 0 Å². The Hall–Kier alpha value is -3.84. The number of methoxy groups -OCH3 is 3. The van der Waals surface area contributed by atoms with Crippen LogP contribution in [-0.4, -0.2) is 21.3 Å². The second-order valence-electron chi connectivity index (χ2n) is 8.90. The molecule has 0 aliphatic carbocycles. The van der Waals surface area contributed by atoms with E-state index < -0.39 is 0 Å². The van der Waals surface area contributed by atoms with Crippen LogP contribution in [0.1, 0.15) is 0 Å². The van der Waals surface area contributed by atoms with Gasteiger partial charge in [-0.25, -0.2) is 0 Å². The highest BCUT2D eigenvalue weighted by Gasteiger charge is 2.20. The minimum absolute atomic E-state index is 0.855. The molecular formula is C33H26O3S3. The first-order valence-corrected chi connectivity index (χ1v) is 15.0. The topological polar surface area (TPSA) is 27.7 Å². The third kappa shape index (κ3) is 5.11. The monoisotopic (exact) mass is 566 g/mol. The summed E-state index contributed by atoms with van der Waals surface area (Å²) in [5.41, 5.74) is 7.22. The standard InChI is InChI=1S/C33H26O3S3/c1-34-25-10-4-21(5-11-25)24-18-30(38-20-24)31-19-29(23-8-14-27(36-3)15-9-23)33(39-31)32-28(16-17-37-32)22-6-12-26(35-2)13-7-22/h4-20H,1-3H3. The highest BCUT2D eigenvalue weighted by Crippen LogP contribution is 2.50. The summed E-state index contributed by atoms with van der Waals surface area (Å²) in [5, 5.41) is 4.41. The van der Waals surface area contributed by atoms with E-state index in [0.29, 0.717) is 0 Å². The summed E-state index contributed by atoms with van der Waals surface area (Å²) in [6, 6.07) is 31.7. The maximum atomic E-state index is 5.43. The quantitative estimate of drug-likeness (QED) is 0.183. The largest absolute Gasteiger partial charge is 0.497 e. The average molecular weight is 567 g/mol. The van der Waals surface area contributed by atoms with Crippen LogP contribution >= 0.6 is 34.0 Å². The molecule has 0 radical (unpaired) electrons. The van der Waals surface area contributed by atoms with Crippen molar-refractivity contribution in [1.82, 2.24) is 0 Å². The van der Waals surface area contributed by atoms with E-state index in [2.05, 4.69) is 65.4 Å². The van der Waals surface area contributed by atoms with Crippen LogP contribution in [-0.2, 0) is 0 Å². The minimum atomic E-state index is 0.855. The molecular weight excluding hydrogens is 541 g/mol. The normalized spacial score (nSPS) is 10.9. The first-order valence-electron chi connectivity index (χ1n) is 12.4. The Kier molecular flexibility index (Phi) is 7.24.